The number of carbonyl (C=O) groups is 3. The largest absolute Gasteiger partial charge is 0.368 e. The molecule has 23 heavy (non-hydrogen) atoms. The van der Waals surface area contributed by atoms with E-state index in [1.165, 1.54) is 0 Å². The Morgan fingerprint density at radius 3 is 2.17 bits per heavy atom. The van der Waals surface area contributed by atoms with Gasteiger partial charge in [-0.3, -0.25) is 14.4 Å². The second kappa shape index (κ2) is 8.92. The van der Waals surface area contributed by atoms with Crippen LogP contribution in [0.4, 0.5) is 0 Å². The monoisotopic (exact) mass is 319 g/mol. The molecule has 1 aromatic rings. The van der Waals surface area contributed by atoms with Crippen LogP contribution < -0.4 is 16.4 Å². The van der Waals surface area contributed by atoms with Gasteiger partial charge in [-0.1, -0.05) is 44.2 Å². The first-order valence-electron chi connectivity index (χ1n) is 7.72. The standard InChI is InChI=1S/C17H25N3O3/c1-11(2)9-14(16(18)22)20-17(23)12(3)19-15(21)10-13-7-5-4-6-8-13/h4-8,11-12,14H,9-10H2,1-3H3,(H2,18,22)(H,19,21)(H,20,23)/t12-,14-/m0/s1. The van der Waals surface area contributed by atoms with Crippen molar-refractivity contribution in [3.8, 4) is 0 Å². The van der Waals surface area contributed by atoms with Gasteiger partial charge in [0, 0.05) is 0 Å². The van der Waals surface area contributed by atoms with E-state index in [2.05, 4.69) is 10.6 Å². The minimum atomic E-state index is -0.736. The van der Waals surface area contributed by atoms with Crippen molar-refractivity contribution in [1.29, 1.82) is 0 Å². The van der Waals surface area contributed by atoms with E-state index < -0.39 is 23.9 Å². The molecule has 2 atom stereocenters. The lowest BCUT2D eigenvalue weighted by atomic mass is 10.0. The number of amides is 3. The van der Waals surface area contributed by atoms with E-state index in [9.17, 15) is 14.4 Å². The molecule has 126 valence electrons. The van der Waals surface area contributed by atoms with Gasteiger partial charge < -0.3 is 16.4 Å². The number of hydrogen-bond donors (Lipinski definition) is 3. The Morgan fingerprint density at radius 1 is 1.04 bits per heavy atom. The molecule has 6 nitrogen and oxygen atoms in total. The highest BCUT2D eigenvalue weighted by atomic mass is 16.2. The molecule has 0 unspecified atom stereocenters. The molecule has 3 amide bonds. The molecule has 1 rings (SSSR count). The summed E-state index contributed by atoms with van der Waals surface area (Å²) in [6.45, 7) is 5.45. The number of primary amides is 1. The fraction of sp³-hybridized carbons (Fsp3) is 0.471. The van der Waals surface area contributed by atoms with Crippen molar-refractivity contribution in [2.45, 2.75) is 45.7 Å². The van der Waals surface area contributed by atoms with Crippen LogP contribution in [-0.2, 0) is 20.8 Å². The van der Waals surface area contributed by atoms with E-state index >= 15 is 0 Å². The van der Waals surface area contributed by atoms with Crippen LogP contribution in [0, 0.1) is 5.92 Å². The van der Waals surface area contributed by atoms with Crippen LogP contribution in [-0.4, -0.2) is 29.8 Å². The molecular formula is C17H25N3O3. The van der Waals surface area contributed by atoms with E-state index in [0.29, 0.717) is 6.42 Å². The Hall–Kier alpha value is -2.37. The van der Waals surface area contributed by atoms with Crippen LogP contribution in [0.5, 0.6) is 0 Å². The number of rotatable bonds is 8. The van der Waals surface area contributed by atoms with Crippen molar-refractivity contribution in [2.24, 2.45) is 11.7 Å². The van der Waals surface area contributed by atoms with Crippen molar-refractivity contribution in [2.75, 3.05) is 0 Å². The molecule has 4 N–H and O–H groups in total. The average molecular weight is 319 g/mol. The summed E-state index contributed by atoms with van der Waals surface area (Å²) in [5, 5.41) is 5.21. The Balaban J connectivity index is 2.52. The van der Waals surface area contributed by atoms with Gasteiger partial charge in [0.25, 0.3) is 0 Å². The molecule has 1 aromatic carbocycles. The fourth-order valence-corrected chi connectivity index (χ4v) is 2.15. The van der Waals surface area contributed by atoms with Gasteiger partial charge in [-0.2, -0.15) is 0 Å². The lowest BCUT2D eigenvalue weighted by molar-refractivity contribution is -0.131. The highest BCUT2D eigenvalue weighted by Gasteiger charge is 2.23. The summed E-state index contributed by atoms with van der Waals surface area (Å²) in [5.74, 6) is -1.03. The Kier molecular flexibility index (Phi) is 7.25. The zero-order valence-electron chi connectivity index (χ0n) is 13.8. The Bertz CT molecular complexity index is 543. The molecule has 0 saturated heterocycles. The Labute approximate surface area is 136 Å². The first-order chi connectivity index (χ1) is 10.8. The van der Waals surface area contributed by atoms with Gasteiger partial charge in [0.15, 0.2) is 0 Å². The molecule has 0 heterocycles. The minimum Gasteiger partial charge on any atom is -0.368 e. The predicted octanol–water partition coefficient (Wildman–Crippen LogP) is 0.750. The molecule has 0 aliphatic heterocycles. The van der Waals surface area contributed by atoms with Gasteiger partial charge in [-0.25, -0.2) is 0 Å². The van der Waals surface area contributed by atoms with Gasteiger partial charge in [-0.15, -0.1) is 0 Å². The van der Waals surface area contributed by atoms with Gasteiger partial charge in [0.1, 0.15) is 12.1 Å². The normalized spacial score (nSPS) is 13.2. The van der Waals surface area contributed by atoms with E-state index in [1.54, 1.807) is 6.92 Å². The van der Waals surface area contributed by atoms with Crippen LogP contribution in [0.1, 0.15) is 32.8 Å². The molecule has 0 aromatic heterocycles. The van der Waals surface area contributed by atoms with Crippen LogP contribution in [0.3, 0.4) is 0 Å². The quantitative estimate of drug-likeness (QED) is 0.659. The maximum atomic E-state index is 12.1. The van der Waals surface area contributed by atoms with E-state index in [-0.39, 0.29) is 18.2 Å². The zero-order valence-corrected chi connectivity index (χ0v) is 13.8. The third kappa shape index (κ3) is 6.95. The lowest BCUT2D eigenvalue weighted by Gasteiger charge is -2.20. The highest BCUT2D eigenvalue weighted by Crippen LogP contribution is 2.05. The molecular weight excluding hydrogens is 294 g/mol. The van der Waals surface area contributed by atoms with E-state index in [0.717, 1.165) is 5.56 Å². The summed E-state index contributed by atoms with van der Waals surface area (Å²) in [6.07, 6.45) is 0.662. The first-order valence-corrected chi connectivity index (χ1v) is 7.72. The van der Waals surface area contributed by atoms with Gasteiger partial charge >= 0.3 is 0 Å². The third-order valence-electron chi connectivity index (χ3n) is 3.35. The van der Waals surface area contributed by atoms with Crippen LogP contribution >= 0.6 is 0 Å². The first kappa shape index (κ1) is 18.7. The molecule has 6 heteroatoms. The molecule has 0 saturated carbocycles. The zero-order chi connectivity index (χ0) is 17.4. The number of hydrogen-bond acceptors (Lipinski definition) is 3. The van der Waals surface area contributed by atoms with Gasteiger partial charge in [0.05, 0.1) is 6.42 Å². The van der Waals surface area contributed by atoms with E-state index in [1.807, 2.05) is 44.2 Å². The second-order valence-electron chi connectivity index (χ2n) is 6.04. The maximum Gasteiger partial charge on any atom is 0.242 e. The average Bonchev–Trinajstić information content (AvgIpc) is 2.46. The molecule has 0 radical (unpaired) electrons. The topological polar surface area (TPSA) is 101 Å². The van der Waals surface area contributed by atoms with Gasteiger partial charge in [-0.05, 0) is 24.8 Å². The SMILES string of the molecule is CC(C)C[C@H](NC(=O)[C@H](C)NC(=O)Cc1ccccc1)C(N)=O. The van der Waals surface area contributed by atoms with Crippen LogP contribution in [0.25, 0.3) is 0 Å². The molecule has 0 spiro atoms. The van der Waals surface area contributed by atoms with Crippen LogP contribution in [0.2, 0.25) is 0 Å². The summed E-state index contributed by atoms with van der Waals surface area (Å²) < 4.78 is 0. The molecule has 0 aliphatic rings. The minimum absolute atomic E-state index is 0.198. The summed E-state index contributed by atoms with van der Waals surface area (Å²) in [7, 11) is 0. The number of benzene rings is 1. The van der Waals surface area contributed by atoms with Crippen LogP contribution in [0.15, 0.2) is 30.3 Å². The fourth-order valence-electron chi connectivity index (χ4n) is 2.15. The second-order valence-corrected chi connectivity index (χ2v) is 6.04. The summed E-state index contributed by atoms with van der Waals surface area (Å²) in [4.78, 5) is 35.4. The van der Waals surface area contributed by atoms with Crippen molar-refractivity contribution in [3.63, 3.8) is 0 Å². The lowest BCUT2D eigenvalue weighted by Crippen LogP contribution is -2.52. The Morgan fingerprint density at radius 2 is 1.65 bits per heavy atom. The predicted molar refractivity (Wildman–Crippen MR) is 88.3 cm³/mol. The summed E-state index contributed by atoms with van der Waals surface area (Å²) in [6, 6.07) is 7.79. The van der Waals surface area contributed by atoms with E-state index in [4.69, 9.17) is 5.73 Å². The molecule has 0 bridgehead atoms. The number of carbonyl (C=O) groups excluding carboxylic acids is 3. The maximum absolute atomic E-state index is 12.1. The van der Waals surface area contributed by atoms with Crippen molar-refractivity contribution in [3.05, 3.63) is 35.9 Å². The smallest absolute Gasteiger partial charge is 0.242 e. The highest BCUT2D eigenvalue weighted by molar-refractivity contribution is 5.91. The van der Waals surface area contributed by atoms with Crippen molar-refractivity contribution >= 4 is 17.7 Å². The summed E-state index contributed by atoms with van der Waals surface area (Å²) in [5.41, 5.74) is 6.16. The number of nitrogens with one attached hydrogen (secondary N) is 2. The molecule has 0 fully saturated rings. The van der Waals surface area contributed by atoms with Crippen molar-refractivity contribution < 1.29 is 14.4 Å². The van der Waals surface area contributed by atoms with Gasteiger partial charge in [0.2, 0.25) is 17.7 Å². The number of nitrogens with two attached hydrogens (primary N) is 1. The molecule has 0 aliphatic carbocycles. The third-order valence-corrected chi connectivity index (χ3v) is 3.35. The van der Waals surface area contributed by atoms with Crippen molar-refractivity contribution in [1.82, 2.24) is 10.6 Å². The summed E-state index contributed by atoms with van der Waals surface area (Å²) >= 11 is 0.